The van der Waals surface area contributed by atoms with Gasteiger partial charge in [0.15, 0.2) is 0 Å². The molecular formula is C38H45N5O4S. The molecule has 0 bridgehead atoms. The molecule has 48 heavy (non-hydrogen) atoms. The highest BCUT2D eigenvalue weighted by atomic mass is 32.1. The second kappa shape index (κ2) is 13.3. The number of hydrogen-bond donors (Lipinski definition) is 1. The Kier molecular flexibility index (Phi) is 8.71. The molecule has 4 fully saturated rings. The maximum atomic E-state index is 14.4. The normalized spacial score (nSPS) is 24.8. The molecule has 3 saturated carbocycles. The van der Waals surface area contributed by atoms with Crippen LogP contribution >= 0.6 is 11.3 Å². The molecule has 4 aromatic rings. The Morgan fingerprint density at radius 1 is 0.958 bits per heavy atom. The molecule has 10 heteroatoms. The van der Waals surface area contributed by atoms with Gasteiger partial charge in [-0.05, 0) is 106 Å². The summed E-state index contributed by atoms with van der Waals surface area (Å²) < 4.78 is 7.85. The molecule has 3 aromatic heterocycles. The lowest BCUT2D eigenvalue weighted by molar-refractivity contribution is -0.124. The number of aromatic nitrogens is 3. The lowest BCUT2D eigenvalue weighted by Gasteiger charge is -2.38. The molecule has 2 amide bonds. The van der Waals surface area contributed by atoms with Gasteiger partial charge in [-0.1, -0.05) is 12.1 Å². The number of pyridine rings is 1. The summed E-state index contributed by atoms with van der Waals surface area (Å²) in [6.07, 6.45) is 12.6. The van der Waals surface area contributed by atoms with Crippen molar-refractivity contribution in [2.75, 3.05) is 24.5 Å². The molecule has 4 heterocycles. The van der Waals surface area contributed by atoms with E-state index in [2.05, 4.69) is 65.2 Å². The minimum absolute atomic E-state index is 0.0996. The van der Waals surface area contributed by atoms with Crippen molar-refractivity contribution in [2.24, 2.45) is 18.9 Å². The van der Waals surface area contributed by atoms with E-state index in [1.54, 1.807) is 11.3 Å². The standard InChI is InChI=1S/C38H45N5O4S/c1-41-18-17-33-34(41)16-15-32(40-33)25-7-5-24(6-8-25)21-43(29-4-2-3-28(19-29)35-20-39-36(48-35)26-9-10-26)37(45)27-11-13-31(14-12-27)47-38(46)42-22-30(44)23-42/h2-4,15-20,24-27,30-31,44H,5-14,21-23H2,1H3/t24-,25-,27-,31-. The van der Waals surface area contributed by atoms with Crippen molar-refractivity contribution in [2.45, 2.75) is 88.3 Å². The number of likely N-dealkylation sites (tertiary alicyclic amines) is 1. The van der Waals surface area contributed by atoms with Crippen LogP contribution in [-0.2, 0) is 16.6 Å². The number of fused-ring (bicyclic) bond motifs is 1. The number of carbonyl (C=O) groups excluding carboxylic acids is 2. The predicted octanol–water partition coefficient (Wildman–Crippen LogP) is 7.25. The highest BCUT2D eigenvalue weighted by molar-refractivity contribution is 7.15. The average molecular weight is 668 g/mol. The van der Waals surface area contributed by atoms with Crippen molar-refractivity contribution in [1.82, 2.24) is 19.4 Å². The molecule has 8 rings (SSSR count). The SMILES string of the molecule is Cn1ccc2nc([C@H]3CC[C@H](CN(c4cccc(-c5cnc(C6CC6)s5)c4)C(=O)[C@H]4CC[C@H](OC(=O)N5CC(O)C5)CC4)CC3)ccc21. The number of thiazole rings is 1. The molecule has 0 radical (unpaired) electrons. The number of β-amino-alcohol motifs (C(OH)–C–C–N with tert-alkyl or cyclic N) is 1. The highest BCUT2D eigenvalue weighted by Gasteiger charge is 2.36. The molecule has 0 spiro atoms. The van der Waals surface area contributed by atoms with Gasteiger partial charge in [-0.25, -0.2) is 9.78 Å². The van der Waals surface area contributed by atoms with E-state index in [4.69, 9.17) is 14.7 Å². The second-order valence-corrected chi connectivity index (χ2v) is 15.6. The van der Waals surface area contributed by atoms with E-state index in [-0.39, 0.29) is 24.0 Å². The van der Waals surface area contributed by atoms with Crippen LogP contribution in [0.25, 0.3) is 21.5 Å². The lowest BCUT2D eigenvalue weighted by atomic mass is 9.79. The summed E-state index contributed by atoms with van der Waals surface area (Å²) in [7, 11) is 2.06. The molecule has 4 aliphatic rings. The Labute approximate surface area is 285 Å². The fourth-order valence-corrected chi connectivity index (χ4v) is 8.94. The molecule has 9 nitrogen and oxygen atoms in total. The number of carbonyl (C=O) groups is 2. The number of benzene rings is 1. The number of nitrogens with zero attached hydrogens (tertiary/aromatic N) is 5. The third-order valence-electron chi connectivity index (χ3n) is 11.0. The molecule has 3 aliphatic carbocycles. The summed E-state index contributed by atoms with van der Waals surface area (Å²) >= 11 is 1.78. The van der Waals surface area contributed by atoms with Gasteiger partial charge in [0.25, 0.3) is 0 Å². The fourth-order valence-electron chi connectivity index (χ4n) is 7.85. The van der Waals surface area contributed by atoms with Crippen molar-refractivity contribution in [3.63, 3.8) is 0 Å². The van der Waals surface area contributed by atoms with Gasteiger partial charge in [-0.3, -0.25) is 9.78 Å². The number of rotatable bonds is 8. The topological polar surface area (TPSA) is 101 Å². The van der Waals surface area contributed by atoms with Gasteiger partial charge in [-0.2, -0.15) is 0 Å². The lowest BCUT2D eigenvalue weighted by Crippen LogP contribution is -2.54. The minimum Gasteiger partial charge on any atom is -0.446 e. The molecule has 0 unspecified atom stereocenters. The van der Waals surface area contributed by atoms with Crippen molar-refractivity contribution >= 4 is 40.1 Å². The van der Waals surface area contributed by atoms with Crippen molar-refractivity contribution in [1.29, 1.82) is 0 Å². The van der Waals surface area contributed by atoms with Gasteiger partial charge in [0, 0.05) is 55.1 Å². The molecule has 1 aromatic carbocycles. The molecule has 252 valence electrons. The van der Waals surface area contributed by atoms with Crippen LogP contribution in [0, 0.1) is 11.8 Å². The zero-order chi connectivity index (χ0) is 32.8. The number of amides is 2. The van der Waals surface area contributed by atoms with Crippen LogP contribution in [0.4, 0.5) is 10.5 Å². The first-order chi connectivity index (χ1) is 23.4. The van der Waals surface area contributed by atoms with Gasteiger partial charge in [0.1, 0.15) is 6.10 Å². The summed E-state index contributed by atoms with van der Waals surface area (Å²) in [4.78, 5) is 41.4. The number of aliphatic hydroxyl groups is 1. The van der Waals surface area contributed by atoms with Gasteiger partial charge in [-0.15, -0.1) is 11.3 Å². The Balaban J connectivity index is 0.962. The number of hydrogen-bond acceptors (Lipinski definition) is 7. The average Bonchev–Trinajstić information content (AvgIpc) is 3.71. The summed E-state index contributed by atoms with van der Waals surface area (Å²) in [6.45, 7) is 1.39. The van der Waals surface area contributed by atoms with Crippen LogP contribution in [0.3, 0.4) is 0 Å². The third-order valence-corrected chi connectivity index (χ3v) is 12.2. The van der Waals surface area contributed by atoms with E-state index < -0.39 is 6.10 Å². The summed E-state index contributed by atoms with van der Waals surface area (Å²) in [5.74, 6) is 1.57. The number of aryl methyl sites for hydroxylation is 1. The van der Waals surface area contributed by atoms with E-state index in [0.717, 1.165) is 52.8 Å². The van der Waals surface area contributed by atoms with Crippen molar-refractivity contribution < 1.29 is 19.4 Å². The van der Waals surface area contributed by atoms with E-state index in [0.29, 0.717) is 63.1 Å². The van der Waals surface area contributed by atoms with Gasteiger partial charge >= 0.3 is 6.09 Å². The van der Waals surface area contributed by atoms with Gasteiger partial charge in [0.2, 0.25) is 5.91 Å². The molecule has 1 N–H and O–H groups in total. The number of aliphatic hydroxyl groups excluding tert-OH is 1. The number of anilines is 1. The Hall–Kier alpha value is -3.76. The van der Waals surface area contributed by atoms with Crippen LogP contribution in [0.15, 0.2) is 54.9 Å². The van der Waals surface area contributed by atoms with Crippen LogP contribution in [0.5, 0.6) is 0 Å². The van der Waals surface area contributed by atoms with E-state index in [9.17, 15) is 14.7 Å². The molecule has 1 saturated heterocycles. The summed E-state index contributed by atoms with van der Waals surface area (Å²) in [5.41, 5.74) is 5.48. The van der Waals surface area contributed by atoms with Crippen molar-refractivity contribution in [3.05, 3.63) is 65.6 Å². The quantitative estimate of drug-likeness (QED) is 0.213. The summed E-state index contributed by atoms with van der Waals surface area (Å²) in [5, 5.41) is 10.8. The predicted molar refractivity (Wildman–Crippen MR) is 187 cm³/mol. The second-order valence-electron chi connectivity index (χ2n) is 14.5. The first-order valence-corrected chi connectivity index (χ1v) is 18.6. The van der Waals surface area contributed by atoms with Crippen LogP contribution in [0.2, 0.25) is 0 Å². The van der Waals surface area contributed by atoms with E-state index >= 15 is 0 Å². The first kappa shape index (κ1) is 31.5. The zero-order valence-electron chi connectivity index (χ0n) is 27.7. The number of ether oxygens (including phenoxy) is 1. The minimum atomic E-state index is -0.447. The maximum absolute atomic E-state index is 14.4. The maximum Gasteiger partial charge on any atom is 0.410 e. The van der Waals surface area contributed by atoms with E-state index in [1.807, 2.05) is 6.20 Å². The monoisotopic (exact) mass is 667 g/mol. The summed E-state index contributed by atoms with van der Waals surface area (Å²) in [6, 6.07) is 15.0. The smallest absolute Gasteiger partial charge is 0.410 e. The molecule has 1 aliphatic heterocycles. The Morgan fingerprint density at radius 2 is 1.73 bits per heavy atom. The van der Waals surface area contributed by atoms with Gasteiger partial charge in [0.05, 0.1) is 40.1 Å². The highest BCUT2D eigenvalue weighted by Crippen LogP contribution is 2.44. The zero-order valence-corrected chi connectivity index (χ0v) is 28.5. The molecule has 0 atom stereocenters. The Bertz CT molecular complexity index is 1780. The largest absolute Gasteiger partial charge is 0.446 e. The van der Waals surface area contributed by atoms with E-state index in [1.165, 1.54) is 28.4 Å². The van der Waals surface area contributed by atoms with Crippen LogP contribution in [0.1, 0.15) is 86.7 Å². The van der Waals surface area contributed by atoms with Crippen molar-refractivity contribution in [3.8, 4) is 10.4 Å². The van der Waals surface area contributed by atoms with Crippen LogP contribution < -0.4 is 4.90 Å². The first-order valence-electron chi connectivity index (χ1n) is 17.8. The fraction of sp³-hybridized carbons (Fsp3) is 0.526. The Morgan fingerprint density at radius 3 is 2.48 bits per heavy atom. The van der Waals surface area contributed by atoms with Gasteiger partial charge < -0.3 is 24.2 Å². The van der Waals surface area contributed by atoms with Crippen LogP contribution in [-0.4, -0.2) is 68.4 Å². The molecular weight excluding hydrogens is 623 g/mol. The third kappa shape index (κ3) is 6.61.